The molecule has 0 aliphatic rings. The first-order valence-electron chi connectivity index (χ1n) is 3.66. The fraction of sp³-hybridized carbons (Fsp3) is 1.00. The Morgan fingerprint density at radius 1 is 1.00 bits per heavy atom. The first-order chi connectivity index (χ1) is 4.74. The number of hydrogen-bond donors (Lipinski definition) is 2. The summed E-state index contributed by atoms with van der Waals surface area (Å²) in [6.07, 6.45) is 1.28. The molecule has 0 atom stereocenters. The third-order valence-electron chi connectivity index (χ3n) is 0.289. The Kier molecular flexibility index (Phi) is 57.3. The molecule has 2 nitrogen and oxygen atoms in total. The van der Waals surface area contributed by atoms with Gasteiger partial charge in [-0.2, -0.15) is 0 Å². The van der Waals surface area contributed by atoms with Crippen LogP contribution in [0.1, 0.15) is 27.2 Å². The third-order valence-corrected chi connectivity index (χ3v) is 0.866. The van der Waals surface area contributed by atoms with E-state index < -0.39 is 0 Å². The lowest BCUT2D eigenvalue weighted by Crippen LogP contribution is -1.57. The molecule has 0 saturated heterocycles. The summed E-state index contributed by atoms with van der Waals surface area (Å²) in [6.45, 7) is 6.02. The summed E-state index contributed by atoms with van der Waals surface area (Å²) >= 11 is 2.66. The van der Waals surface area contributed by atoms with Gasteiger partial charge >= 0.3 is 0 Å². The Bertz CT molecular complexity index is 23.6. The lowest BCUT2D eigenvalue weighted by molar-refractivity contribution is 0.318. The molecule has 0 unspecified atom stereocenters. The zero-order chi connectivity index (χ0) is 8.83. The molecule has 3 heteroatoms. The molecule has 0 aromatic rings. The van der Waals surface area contributed by atoms with E-state index in [0.29, 0.717) is 0 Å². The lowest BCUT2D eigenvalue weighted by atomic mass is 10.6. The summed E-state index contributed by atoms with van der Waals surface area (Å²) in [4.78, 5) is 0. The van der Waals surface area contributed by atoms with Crippen molar-refractivity contribution < 1.29 is 10.2 Å². The molecule has 0 saturated carbocycles. The van der Waals surface area contributed by atoms with Gasteiger partial charge in [0.2, 0.25) is 0 Å². The van der Waals surface area contributed by atoms with Gasteiger partial charge in [-0.3, -0.25) is 0 Å². The number of aliphatic hydroxyl groups is 2. The van der Waals surface area contributed by atoms with Gasteiger partial charge in [0.1, 0.15) is 16.3 Å². The minimum absolute atomic E-state index is 0.250. The highest BCUT2D eigenvalue weighted by Gasteiger charge is 1.56. The van der Waals surface area contributed by atoms with Crippen molar-refractivity contribution in [2.75, 3.05) is 13.2 Å². The van der Waals surface area contributed by atoms with Gasteiger partial charge in [0.05, 0.1) is 0 Å². The van der Waals surface area contributed by atoms with E-state index in [9.17, 15) is 0 Å². The Morgan fingerprint density at radius 3 is 1.10 bits per heavy atom. The molecule has 62 valence electrons. The summed E-state index contributed by atoms with van der Waals surface area (Å²) in [6, 6.07) is 0. The van der Waals surface area contributed by atoms with Crippen molar-refractivity contribution in [2.24, 2.45) is 0 Å². The van der Waals surface area contributed by atoms with E-state index in [1.54, 1.807) is 13.8 Å². The molecule has 2 N–H and O–H groups in total. The minimum Gasteiger partial charge on any atom is -0.397 e. The van der Waals surface area contributed by atoms with Gasteiger partial charge < -0.3 is 10.2 Å². The second kappa shape index (κ2) is 34.1. The first-order valence-corrected chi connectivity index (χ1v) is 4.48. The van der Waals surface area contributed by atoms with E-state index in [-0.39, 0.29) is 13.2 Å². The summed E-state index contributed by atoms with van der Waals surface area (Å²) in [7, 11) is 0. The summed E-state index contributed by atoms with van der Waals surface area (Å²) in [5, 5.41) is 16.4. The highest BCUT2D eigenvalue weighted by atomic mass is 27.0. The second-order valence-electron chi connectivity index (χ2n) is 1.42. The van der Waals surface area contributed by atoms with Crippen LogP contribution in [0, 0.1) is 0 Å². The van der Waals surface area contributed by atoms with Crippen LogP contribution in [0.4, 0.5) is 0 Å². The Hall–Kier alpha value is 0.452. The maximum Gasteiger partial charge on any atom is 0.118 e. The van der Waals surface area contributed by atoms with Crippen molar-refractivity contribution in [3.8, 4) is 0 Å². The zero-order valence-corrected chi connectivity index (χ0v) is 8.45. The molecule has 0 rings (SSSR count). The Morgan fingerprint density at radius 2 is 1.10 bits per heavy atom. The normalized spacial score (nSPS) is 6.50. The molecule has 0 spiro atoms. The molecule has 0 aromatic carbocycles. The summed E-state index contributed by atoms with van der Waals surface area (Å²) in [5.41, 5.74) is 0. The monoisotopic (exact) mass is 162 g/mol. The average Bonchev–Trinajstić information content (AvgIpc) is 1.91. The van der Waals surface area contributed by atoms with Gasteiger partial charge in [0, 0.05) is 13.2 Å². The van der Waals surface area contributed by atoms with E-state index in [0.717, 1.165) is 0 Å². The van der Waals surface area contributed by atoms with Crippen LogP contribution in [0.3, 0.4) is 0 Å². The molecule has 2 radical (unpaired) electrons. The van der Waals surface area contributed by atoms with Crippen LogP contribution in [0.15, 0.2) is 0 Å². The van der Waals surface area contributed by atoms with Crippen LogP contribution in [0.2, 0.25) is 5.28 Å². The van der Waals surface area contributed by atoms with Gasteiger partial charge in [-0.25, -0.2) is 0 Å². The summed E-state index contributed by atoms with van der Waals surface area (Å²) < 4.78 is 0. The summed E-state index contributed by atoms with van der Waals surface area (Å²) in [5.74, 6) is 0. The van der Waals surface area contributed by atoms with Crippen LogP contribution in [-0.2, 0) is 0 Å². The van der Waals surface area contributed by atoms with E-state index in [1.165, 1.54) is 11.7 Å². The number of rotatable bonds is 1. The molecule has 0 bridgehead atoms. The topological polar surface area (TPSA) is 40.5 Å². The van der Waals surface area contributed by atoms with Gasteiger partial charge in [-0.1, -0.05) is 13.3 Å². The molecular formula is C7H19AlO2. The molecule has 0 aliphatic carbocycles. The molecule has 0 fully saturated rings. The molecule has 0 amide bonds. The van der Waals surface area contributed by atoms with E-state index >= 15 is 0 Å². The molecular weight excluding hydrogens is 143 g/mol. The number of aliphatic hydroxyl groups excluding tert-OH is 2. The Labute approximate surface area is 72.7 Å². The van der Waals surface area contributed by atoms with E-state index in [2.05, 4.69) is 23.2 Å². The van der Waals surface area contributed by atoms with Crippen LogP contribution >= 0.6 is 0 Å². The molecule has 0 heterocycles. The fourth-order valence-electron chi connectivity index (χ4n) is 0. The van der Waals surface area contributed by atoms with Crippen LogP contribution in [0.25, 0.3) is 0 Å². The Balaban J connectivity index is -0.0000000750. The maximum atomic E-state index is 7.57. The van der Waals surface area contributed by atoms with E-state index in [4.69, 9.17) is 10.2 Å². The number of hydrogen-bond acceptors (Lipinski definition) is 2. The minimum atomic E-state index is 0.250. The van der Waals surface area contributed by atoms with Crippen molar-refractivity contribution in [2.45, 2.75) is 32.5 Å². The van der Waals surface area contributed by atoms with Crippen LogP contribution < -0.4 is 0 Å². The van der Waals surface area contributed by atoms with Crippen LogP contribution in [-0.4, -0.2) is 39.7 Å². The molecule has 0 aromatic heterocycles. The molecule has 0 aliphatic heterocycles. The van der Waals surface area contributed by atoms with Crippen molar-refractivity contribution in [3.63, 3.8) is 0 Å². The quantitative estimate of drug-likeness (QED) is 0.564. The first kappa shape index (κ1) is 16.8. The standard InChI is InChI=1S/C3H7.2C2H6O.Al/c1-3-2;2*1-2-3;/h1,3H2,2H3;2*3H,2H2,1H3;. The largest absolute Gasteiger partial charge is 0.397 e. The smallest absolute Gasteiger partial charge is 0.118 e. The SMILES string of the molecule is CCO.CCO.CC[CH2][Al]. The van der Waals surface area contributed by atoms with Crippen molar-refractivity contribution in [1.29, 1.82) is 0 Å². The predicted octanol–water partition coefficient (Wildman–Crippen LogP) is 0.980. The second-order valence-corrected chi connectivity index (χ2v) is 2.00. The van der Waals surface area contributed by atoms with Gasteiger partial charge in [0.15, 0.2) is 0 Å². The van der Waals surface area contributed by atoms with Crippen molar-refractivity contribution >= 4 is 16.3 Å². The third kappa shape index (κ3) is 223. The predicted molar refractivity (Wildman–Crippen MR) is 46.4 cm³/mol. The lowest BCUT2D eigenvalue weighted by Gasteiger charge is -1.68. The van der Waals surface area contributed by atoms with Crippen molar-refractivity contribution in [3.05, 3.63) is 0 Å². The van der Waals surface area contributed by atoms with Crippen LogP contribution in [0.5, 0.6) is 0 Å². The molecule has 10 heavy (non-hydrogen) atoms. The van der Waals surface area contributed by atoms with Gasteiger partial charge in [-0.15, -0.1) is 5.28 Å². The maximum absolute atomic E-state index is 7.57. The highest BCUT2D eigenvalue weighted by molar-refractivity contribution is 6.08. The van der Waals surface area contributed by atoms with Crippen molar-refractivity contribution in [1.82, 2.24) is 0 Å². The highest BCUT2D eigenvalue weighted by Crippen LogP contribution is 1.73. The van der Waals surface area contributed by atoms with E-state index in [1.807, 2.05) is 0 Å². The van der Waals surface area contributed by atoms with Gasteiger partial charge in [0.25, 0.3) is 0 Å². The average molecular weight is 162 g/mol. The van der Waals surface area contributed by atoms with Gasteiger partial charge in [-0.05, 0) is 13.8 Å². The zero-order valence-electron chi connectivity index (χ0n) is 7.30. The fourth-order valence-corrected chi connectivity index (χ4v) is 0.